The van der Waals surface area contributed by atoms with Crippen LogP contribution in [0.2, 0.25) is 0 Å². The van der Waals surface area contributed by atoms with Gasteiger partial charge in [-0.1, -0.05) is 24.3 Å². The van der Waals surface area contributed by atoms with Gasteiger partial charge in [-0.25, -0.2) is 0 Å². The Bertz CT molecular complexity index is 885. The number of aryl methyl sites for hydroxylation is 1. The van der Waals surface area contributed by atoms with Crippen LogP contribution in [0.4, 0.5) is 5.69 Å². The van der Waals surface area contributed by atoms with Gasteiger partial charge in [0.05, 0.1) is 5.56 Å². The van der Waals surface area contributed by atoms with E-state index in [0.717, 1.165) is 39.1 Å². The summed E-state index contributed by atoms with van der Waals surface area (Å²) in [6, 6.07) is 17.7. The Morgan fingerprint density at radius 3 is 2.67 bits per heavy atom. The van der Waals surface area contributed by atoms with E-state index in [0.29, 0.717) is 17.9 Å². The van der Waals surface area contributed by atoms with E-state index in [2.05, 4.69) is 52.4 Å². The lowest BCUT2D eigenvalue weighted by molar-refractivity contribution is -0.127. The number of rotatable bonds is 8. The van der Waals surface area contributed by atoms with Crippen molar-refractivity contribution in [2.75, 3.05) is 44.2 Å². The molecule has 1 unspecified atom stereocenters. The van der Waals surface area contributed by atoms with Gasteiger partial charge in [0.15, 0.2) is 6.10 Å². The number of carbonyl (C=O) groups is 1. The molecule has 158 valence electrons. The molecule has 3 rings (SSSR count). The standard InChI is InChI=1S/C24H30N4O2/c1-19-7-5-9-22(17-19)28-15-13-27(14-16-28)12-6-11-26-24(29)20(2)30-23-10-4-3-8-21(23)18-25/h3-5,7-10,17,20H,6,11-16H2,1-2H3,(H,26,29). The molecule has 1 saturated heterocycles. The van der Waals surface area contributed by atoms with Crippen LogP contribution in [0.3, 0.4) is 0 Å². The maximum Gasteiger partial charge on any atom is 0.260 e. The van der Waals surface area contributed by atoms with Crippen molar-refractivity contribution < 1.29 is 9.53 Å². The molecule has 0 saturated carbocycles. The zero-order chi connectivity index (χ0) is 21.3. The first-order chi connectivity index (χ1) is 14.6. The van der Waals surface area contributed by atoms with E-state index in [1.54, 1.807) is 31.2 Å². The quantitative estimate of drug-likeness (QED) is 0.683. The van der Waals surface area contributed by atoms with Crippen LogP contribution in [0.1, 0.15) is 24.5 Å². The minimum absolute atomic E-state index is 0.160. The van der Waals surface area contributed by atoms with Gasteiger partial charge in [-0.3, -0.25) is 9.69 Å². The molecule has 6 nitrogen and oxygen atoms in total. The van der Waals surface area contributed by atoms with Crippen LogP contribution in [0.15, 0.2) is 48.5 Å². The molecule has 6 heteroatoms. The average molecular weight is 407 g/mol. The molecule has 1 fully saturated rings. The largest absolute Gasteiger partial charge is 0.480 e. The van der Waals surface area contributed by atoms with E-state index >= 15 is 0 Å². The zero-order valence-electron chi connectivity index (χ0n) is 17.8. The summed E-state index contributed by atoms with van der Waals surface area (Å²) in [6.45, 7) is 9.53. The number of benzene rings is 2. The maximum atomic E-state index is 12.3. The lowest BCUT2D eigenvalue weighted by Gasteiger charge is -2.36. The summed E-state index contributed by atoms with van der Waals surface area (Å²) >= 11 is 0. The predicted molar refractivity (Wildman–Crippen MR) is 119 cm³/mol. The molecule has 2 aromatic rings. The van der Waals surface area contributed by atoms with Crippen molar-refractivity contribution in [3.05, 3.63) is 59.7 Å². The first-order valence-corrected chi connectivity index (χ1v) is 10.5. The van der Waals surface area contributed by atoms with Crippen LogP contribution in [0.5, 0.6) is 5.75 Å². The highest BCUT2D eigenvalue weighted by Crippen LogP contribution is 2.19. The Kier molecular flexibility index (Phi) is 7.69. The molecular weight excluding hydrogens is 376 g/mol. The van der Waals surface area contributed by atoms with E-state index in [1.807, 2.05) is 0 Å². The summed E-state index contributed by atoms with van der Waals surface area (Å²) in [5, 5.41) is 12.1. The van der Waals surface area contributed by atoms with Gasteiger partial charge in [0.2, 0.25) is 0 Å². The van der Waals surface area contributed by atoms with E-state index in [-0.39, 0.29) is 5.91 Å². The first-order valence-electron chi connectivity index (χ1n) is 10.5. The van der Waals surface area contributed by atoms with Crippen LogP contribution in [-0.4, -0.2) is 56.2 Å². The number of para-hydroxylation sites is 1. The summed E-state index contributed by atoms with van der Waals surface area (Å²) in [6.07, 6.45) is 0.259. The highest BCUT2D eigenvalue weighted by molar-refractivity contribution is 5.80. The van der Waals surface area contributed by atoms with E-state index in [4.69, 9.17) is 10.00 Å². The smallest absolute Gasteiger partial charge is 0.260 e. The second-order valence-electron chi connectivity index (χ2n) is 7.68. The Balaban J connectivity index is 1.34. The second-order valence-corrected chi connectivity index (χ2v) is 7.68. The summed E-state index contributed by atoms with van der Waals surface area (Å²) < 4.78 is 5.66. The normalized spacial score (nSPS) is 15.3. The van der Waals surface area contributed by atoms with Crippen LogP contribution < -0.4 is 15.0 Å². The summed E-state index contributed by atoms with van der Waals surface area (Å²) in [7, 11) is 0. The average Bonchev–Trinajstić information content (AvgIpc) is 2.77. The van der Waals surface area contributed by atoms with Crippen molar-refractivity contribution in [1.29, 1.82) is 5.26 Å². The molecule has 2 aromatic carbocycles. The fraction of sp³-hybridized carbons (Fsp3) is 0.417. The molecule has 0 spiro atoms. The third-order valence-corrected chi connectivity index (χ3v) is 5.37. The Hall–Kier alpha value is -3.04. The third kappa shape index (κ3) is 5.98. The fourth-order valence-corrected chi connectivity index (χ4v) is 3.62. The molecular formula is C24H30N4O2. The van der Waals surface area contributed by atoms with E-state index in [9.17, 15) is 4.79 Å². The molecule has 0 bridgehead atoms. The summed E-state index contributed by atoms with van der Waals surface area (Å²) in [4.78, 5) is 17.2. The third-order valence-electron chi connectivity index (χ3n) is 5.37. The topological polar surface area (TPSA) is 68.6 Å². The highest BCUT2D eigenvalue weighted by Gasteiger charge is 2.18. The molecule has 0 radical (unpaired) electrons. The molecule has 1 heterocycles. The van der Waals surface area contributed by atoms with Crippen molar-refractivity contribution >= 4 is 11.6 Å². The minimum atomic E-state index is -0.641. The van der Waals surface area contributed by atoms with Gasteiger partial charge in [-0.2, -0.15) is 5.26 Å². The lowest BCUT2D eigenvalue weighted by atomic mass is 10.2. The second kappa shape index (κ2) is 10.7. The molecule has 1 aliphatic rings. The Labute approximate surface area is 179 Å². The van der Waals surface area contributed by atoms with Crippen molar-refractivity contribution in [2.24, 2.45) is 0 Å². The number of piperazine rings is 1. The molecule has 1 N–H and O–H groups in total. The molecule has 1 atom stereocenters. The predicted octanol–water partition coefficient (Wildman–Crippen LogP) is 2.96. The van der Waals surface area contributed by atoms with Crippen molar-refractivity contribution in [3.8, 4) is 11.8 Å². The summed E-state index contributed by atoms with van der Waals surface area (Å²) in [5.74, 6) is 0.279. The van der Waals surface area contributed by atoms with E-state index in [1.165, 1.54) is 11.3 Å². The van der Waals surface area contributed by atoms with Crippen LogP contribution >= 0.6 is 0 Å². The van der Waals surface area contributed by atoms with Gasteiger partial charge in [0.25, 0.3) is 5.91 Å². The minimum Gasteiger partial charge on any atom is -0.480 e. The van der Waals surface area contributed by atoms with Crippen molar-refractivity contribution in [1.82, 2.24) is 10.2 Å². The number of nitriles is 1. The van der Waals surface area contributed by atoms with Crippen molar-refractivity contribution in [3.63, 3.8) is 0 Å². The summed E-state index contributed by atoms with van der Waals surface area (Å²) in [5.41, 5.74) is 3.02. The Morgan fingerprint density at radius 1 is 1.17 bits per heavy atom. The Morgan fingerprint density at radius 2 is 1.93 bits per heavy atom. The van der Waals surface area contributed by atoms with Crippen LogP contribution in [-0.2, 0) is 4.79 Å². The van der Waals surface area contributed by atoms with Crippen LogP contribution in [0.25, 0.3) is 0 Å². The first kappa shape index (κ1) is 21.7. The lowest BCUT2D eigenvalue weighted by Crippen LogP contribution is -2.47. The number of nitrogens with zero attached hydrogens (tertiary/aromatic N) is 3. The number of nitrogens with one attached hydrogen (secondary N) is 1. The highest BCUT2D eigenvalue weighted by atomic mass is 16.5. The number of anilines is 1. The monoisotopic (exact) mass is 406 g/mol. The zero-order valence-corrected chi connectivity index (χ0v) is 17.8. The molecule has 0 aromatic heterocycles. The molecule has 30 heavy (non-hydrogen) atoms. The van der Waals surface area contributed by atoms with Gasteiger partial charge >= 0.3 is 0 Å². The van der Waals surface area contributed by atoms with Gasteiger partial charge in [-0.15, -0.1) is 0 Å². The number of hydrogen-bond acceptors (Lipinski definition) is 5. The molecule has 1 aliphatic heterocycles. The number of ether oxygens (including phenoxy) is 1. The maximum absolute atomic E-state index is 12.3. The van der Waals surface area contributed by atoms with Crippen molar-refractivity contribution in [2.45, 2.75) is 26.4 Å². The number of hydrogen-bond donors (Lipinski definition) is 1. The SMILES string of the molecule is Cc1cccc(N2CCN(CCCNC(=O)C(C)Oc3ccccc3C#N)CC2)c1. The van der Waals surface area contributed by atoms with Crippen LogP contribution in [0, 0.1) is 18.3 Å². The molecule has 0 aliphatic carbocycles. The van der Waals surface area contributed by atoms with Gasteiger partial charge in [0, 0.05) is 38.4 Å². The number of carbonyl (C=O) groups excluding carboxylic acids is 1. The van der Waals surface area contributed by atoms with E-state index < -0.39 is 6.10 Å². The number of amides is 1. The van der Waals surface area contributed by atoms with Gasteiger partial charge in [-0.05, 0) is 56.6 Å². The fourth-order valence-electron chi connectivity index (χ4n) is 3.62. The molecule has 1 amide bonds. The van der Waals surface area contributed by atoms with Gasteiger partial charge < -0.3 is 15.0 Å². The van der Waals surface area contributed by atoms with Gasteiger partial charge in [0.1, 0.15) is 11.8 Å².